The highest BCUT2D eigenvalue weighted by Crippen LogP contribution is 2.32. The molecule has 2 N–H and O–H groups in total. The number of nitrogens with zero attached hydrogens (tertiary/aromatic N) is 2. The Morgan fingerprint density at radius 1 is 1.18 bits per heavy atom. The smallest absolute Gasteiger partial charge is 0.229 e. The predicted octanol–water partition coefficient (Wildman–Crippen LogP) is 4.07. The predicted molar refractivity (Wildman–Crippen MR) is 89.4 cm³/mol. The average Bonchev–Trinajstić information content (AvgIpc) is 3.26. The zero-order chi connectivity index (χ0) is 15.7. The van der Waals surface area contributed by atoms with E-state index in [1.165, 1.54) is 12.8 Å². The maximum absolute atomic E-state index is 6.13. The zero-order valence-electron chi connectivity index (χ0n) is 12.9. The van der Waals surface area contributed by atoms with Gasteiger partial charge in [0, 0.05) is 28.9 Å². The maximum atomic E-state index is 6.13. The summed E-state index contributed by atoms with van der Waals surface area (Å²) in [5.74, 6) is 2.06. The molecule has 1 fully saturated rings. The summed E-state index contributed by atoms with van der Waals surface area (Å²) in [6.07, 6.45) is 2.41. The monoisotopic (exact) mass is 318 g/mol. The number of anilines is 3. The van der Waals surface area contributed by atoms with Crippen LogP contribution in [0.1, 0.15) is 24.1 Å². The first-order valence-corrected chi connectivity index (χ1v) is 7.66. The Labute approximate surface area is 135 Å². The molecule has 0 amide bonds. The molecule has 6 heteroatoms. The molecule has 0 aliphatic heterocycles. The number of hydrogen-bond donors (Lipinski definition) is 2. The van der Waals surface area contributed by atoms with E-state index in [4.69, 9.17) is 16.3 Å². The summed E-state index contributed by atoms with van der Waals surface area (Å²) < 4.78 is 5.37. The lowest BCUT2D eigenvalue weighted by atomic mass is 10.2. The van der Waals surface area contributed by atoms with E-state index in [9.17, 15) is 0 Å². The van der Waals surface area contributed by atoms with E-state index in [1.54, 1.807) is 13.2 Å². The zero-order valence-corrected chi connectivity index (χ0v) is 13.7. The highest BCUT2D eigenvalue weighted by Gasteiger charge is 2.21. The lowest BCUT2D eigenvalue weighted by Gasteiger charge is -2.13. The molecule has 0 bridgehead atoms. The number of nitrogens with one attached hydrogen (secondary N) is 2. The van der Waals surface area contributed by atoms with Crippen molar-refractivity contribution >= 4 is 29.1 Å². The van der Waals surface area contributed by atoms with Gasteiger partial charge >= 0.3 is 0 Å². The van der Waals surface area contributed by atoms with Gasteiger partial charge in [-0.15, -0.1) is 0 Å². The maximum Gasteiger partial charge on any atom is 0.229 e. The number of aryl methyl sites for hydroxylation is 2. The molecule has 1 saturated carbocycles. The summed E-state index contributed by atoms with van der Waals surface area (Å²) in [5.41, 5.74) is 2.67. The molecule has 1 aromatic heterocycles. The minimum atomic E-state index is 0.545. The van der Waals surface area contributed by atoms with Crippen molar-refractivity contribution in [3.63, 3.8) is 0 Å². The number of benzene rings is 1. The lowest BCUT2D eigenvalue weighted by molar-refractivity contribution is 0.416. The van der Waals surface area contributed by atoms with Crippen LogP contribution in [0.15, 0.2) is 18.2 Å². The Bertz CT molecular complexity index is 701. The Morgan fingerprint density at radius 3 is 2.64 bits per heavy atom. The molecule has 0 saturated heterocycles. The molecule has 2 aromatic rings. The fourth-order valence-corrected chi connectivity index (χ4v) is 2.34. The molecule has 0 atom stereocenters. The van der Waals surface area contributed by atoms with Gasteiger partial charge in [0.15, 0.2) is 0 Å². The van der Waals surface area contributed by atoms with Crippen molar-refractivity contribution in [1.82, 2.24) is 9.97 Å². The molecule has 0 unspecified atom stereocenters. The third-order valence-electron chi connectivity index (χ3n) is 3.51. The summed E-state index contributed by atoms with van der Waals surface area (Å²) in [6.45, 7) is 3.90. The van der Waals surface area contributed by atoms with Gasteiger partial charge in [0.05, 0.1) is 12.8 Å². The first-order valence-electron chi connectivity index (χ1n) is 7.28. The summed E-state index contributed by atoms with van der Waals surface area (Å²) in [7, 11) is 1.61. The van der Waals surface area contributed by atoms with E-state index in [1.807, 2.05) is 26.0 Å². The van der Waals surface area contributed by atoms with E-state index in [-0.39, 0.29) is 0 Å². The van der Waals surface area contributed by atoms with Gasteiger partial charge in [-0.1, -0.05) is 11.6 Å². The first-order chi connectivity index (χ1) is 10.5. The van der Waals surface area contributed by atoms with Crippen molar-refractivity contribution in [1.29, 1.82) is 0 Å². The van der Waals surface area contributed by atoms with Gasteiger partial charge in [-0.2, -0.15) is 4.98 Å². The number of ether oxygens (including phenoxy) is 1. The number of rotatable bonds is 5. The van der Waals surface area contributed by atoms with Gasteiger partial charge in [0.25, 0.3) is 0 Å². The van der Waals surface area contributed by atoms with Crippen molar-refractivity contribution in [2.45, 2.75) is 32.7 Å². The molecule has 116 valence electrons. The summed E-state index contributed by atoms with van der Waals surface area (Å²) >= 11 is 6.13. The van der Waals surface area contributed by atoms with Gasteiger partial charge in [-0.25, -0.2) is 4.98 Å². The van der Waals surface area contributed by atoms with Gasteiger partial charge < -0.3 is 15.4 Å². The van der Waals surface area contributed by atoms with Crippen molar-refractivity contribution < 1.29 is 4.74 Å². The van der Waals surface area contributed by atoms with Crippen LogP contribution in [-0.2, 0) is 0 Å². The van der Waals surface area contributed by atoms with Gasteiger partial charge in [0.2, 0.25) is 5.95 Å². The number of aromatic nitrogens is 2. The second-order valence-electron chi connectivity index (χ2n) is 5.56. The van der Waals surface area contributed by atoms with E-state index >= 15 is 0 Å². The van der Waals surface area contributed by atoms with Crippen LogP contribution in [0.2, 0.25) is 5.02 Å². The Balaban J connectivity index is 1.88. The topological polar surface area (TPSA) is 59.1 Å². The van der Waals surface area contributed by atoms with Crippen molar-refractivity contribution in [2.24, 2.45) is 0 Å². The fourth-order valence-electron chi connectivity index (χ4n) is 2.19. The third kappa shape index (κ3) is 3.42. The van der Waals surface area contributed by atoms with Gasteiger partial charge in [0.1, 0.15) is 11.6 Å². The standard InChI is InChI=1S/C16H19ClN4O/c1-9-6-13(14(22-3)8-12(9)17)20-16-18-10(2)7-15(21-16)19-11-4-5-11/h6-8,11H,4-5H2,1-3H3,(H2,18,19,20,21). The highest BCUT2D eigenvalue weighted by molar-refractivity contribution is 6.31. The Hall–Kier alpha value is -2.01. The molecular weight excluding hydrogens is 300 g/mol. The fraction of sp³-hybridized carbons (Fsp3) is 0.375. The lowest BCUT2D eigenvalue weighted by Crippen LogP contribution is -2.07. The van der Waals surface area contributed by atoms with E-state index in [0.717, 1.165) is 22.8 Å². The molecule has 0 radical (unpaired) electrons. The van der Waals surface area contributed by atoms with E-state index in [2.05, 4.69) is 20.6 Å². The molecule has 1 aliphatic carbocycles. The molecular formula is C16H19ClN4O. The van der Waals surface area contributed by atoms with E-state index in [0.29, 0.717) is 22.8 Å². The van der Waals surface area contributed by atoms with Crippen LogP contribution in [0, 0.1) is 13.8 Å². The van der Waals surface area contributed by atoms with Crippen LogP contribution in [-0.4, -0.2) is 23.1 Å². The van der Waals surface area contributed by atoms with Gasteiger partial charge in [-0.05, 0) is 38.3 Å². The van der Waals surface area contributed by atoms with Crippen molar-refractivity contribution in [3.05, 3.63) is 34.5 Å². The number of hydrogen-bond acceptors (Lipinski definition) is 5. The van der Waals surface area contributed by atoms with Crippen LogP contribution >= 0.6 is 11.6 Å². The molecule has 22 heavy (non-hydrogen) atoms. The minimum absolute atomic E-state index is 0.545. The normalized spacial score (nSPS) is 13.8. The van der Waals surface area contributed by atoms with E-state index < -0.39 is 0 Å². The second kappa shape index (κ2) is 6.01. The quantitative estimate of drug-likeness (QED) is 0.870. The number of halogens is 1. The Morgan fingerprint density at radius 2 is 1.95 bits per heavy atom. The minimum Gasteiger partial charge on any atom is -0.495 e. The molecule has 0 spiro atoms. The summed E-state index contributed by atoms with van der Waals surface area (Å²) in [5, 5.41) is 7.28. The van der Waals surface area contributed by atoms with Crippen LogP contribution < -0.4 is 15.4 Å². The average molecular weight is 319 g/mol. The number of methoxy groups -OCH3 is 1. The largest absolute Gasteiger partial charge is 0.495 e. The van der Waals surface area contributed by atoms with Crippen LogP contribution in [0.25, 0.3) is 0 Å². The summed E-state index contributed by atoms with van der Waals surface area (Å²) in [6, 6.07) is 6.22. The molecule has 3 rings (SSSR count). The second-order valence-corrected chi connectivity index (χ2v) is 5.97. The molecule has 1 aromatic carbocycles. The first kappa shape index (κ1) is 14.9. The van der Waals surface area contributed by atoms with Crippen molar-refractivity contribution in [2.75, 3.05) is 17.7 Å². The van der Waals surface area contributed by atoms with Crippen LogP contribution in [0.4, 0.5) is 17.5 Å². The van der Waals surface area contributed by atoms with Crippen molar-refractivity contribution in [3.8, 4) is 5.75 Å². The SMILES string of the molecule is COc1cc(Cl)c(C)cc1Nc1nc(C)cc(NC2CC2)n1. The third-order valence-corrected chi connectivity index (χ3v) is 3.92. The Kier molecular flexibility index (Phi) is 4.07. The van der Waals surface area contributed by atoms with Crippen LogP contribution in [0.5, 0.6) is 5.75 Å². The summed E-state index contributed by atoms with van der Waals surface area (Å²) in [4.78, 5) is 8.95. The molecule has 1 aliphatic rings. The van der Waals surface area contributed by atoms with Crippen LogP contribution in [0.3, 0.4) is 0 Å². The highest BCUT2D eigenvalue weighted by atomic mass is 35.5. The molecule has 1 heterocycles. The van der Waals surface area contributed by atoms with Gasteiger partial charge in [-0.3, -0.25) is 0 Å². The molecule has 5 nitrogen and oxygen atoms in total.